The van der Waals surface area contributed by atoms with Gasteiger partial charge in [0.15, 0.2) is 5.75 Å². The number of nitro groups is 1. The molecule has 0 aliphatic heterocycles. The van der Waals surface area contributed by atoms with Crippen LogP contribution in [0, 0.1) is 10.1 Å². The number of hydrogen-bond acceptors (Lipinski definition) is 6. The van der Waals surface area contributed by atoms with Gasteiger partial charge in [-0.05, 0) is 17.3 Å². The van der Waals surface area contributed by atoms with Gasteiger partial charge in [-0.15, -0.1) is 10.2 Å². The molecule has 80 valence electrons. The maximum atomic E-state index is 10.4. The second-order valence-electron chi connectivity index (χ2n) is 2.83. The number of ether oxygens (including phenoxy) is 1. The molecule has 1 heterocycles. The molecule has 16 heavy (non-hydrogen) atoms. The lowest BCUT2D eigenvalue weighted by Crippen LogP contribution is -1.90. The Hall–Kier alpha value is -2.57. The average molecular weight is 218 g/mol. The molecular weight excluding hydrogens is 212 g/mol. The third-order valence-electron chi connectivity index (χ3n) is 1.76. The van der Waals surface area contributed by atoms with Crippen molar-refractivity contribution in [3.63, 3.8) is 0 Å². The van der Waals surface area contributed by atoms with E-state index in [0.29, 0.717) is 11.5 Å². The Morgan fingerprint density at radius 3 is 2.25 bits per heavy atom. The highest BCUT2D eigenvalue weighted by molar-refractivity contribution is 5.37. The molecule has 0 aliphatic carbocycles. The Labute approximate surface area is 89.9 Å². The van der Waals surface area contributed by atoms with Crippen molar-refractivity contribution in [2.24, 2.45) is 0 Å². The molecule has 1 aromatic carbocycles. The van der Waals surface area contributed by atoms with Crippen LogP contribution in [0.25, 0.3) is 0 Å². The smallest absolute Gasteiger partial charge is 0.269 e. The van der Waals surface area contributed by atoms with E-state index in [0.717, 1.165) is 0 Å². The number of benzene rings is 1. The molecule has 0 aliphatic rings. The molecule has 0 amide bonds. The minimum atomic E-state index is -0.473. The van der Waals surface area contributed by atoms with Crippen LogP contribution in [0.1, 0.15) is 0 Å². The maximum absolute atomic E-state index is 10.4. The minimum Gasteiger partial charge on any atom is -0.454 e. The first-order valence-corrected chi connectivity index (χ1v) is 4.31. The van der Waals surface area contributed by atoms with Gasteiger partial charge in [-0.3, -0.25) is 10.1 Å². The Balaban J connectivity index is 2.14. The van der Waals surface area contributed by atoms with Gasteiger partial charge in [-0.25, -0.2) is 0 Å². The summed E-state index contributed by atoms with van der Waals surface area (Å²) in [6.07, 6.45) is 2.79. The topological polar surface area (TPSA) is 91.0 Å². The molecule has 0 unspecified atom stereocenters. The third-order valence-corrected chi connectivity index (χ3v) is 1.76. The Morgan fingerprint density at radius 1 is 1.06 bits per heavy atom. The first-order valence-electron chi connectivity index (χ1n) is 4.31. The van der Waals surface area contributed by atoms with Gasteiger partial charge in [0.25, 0.3) is 5.69 Å². The molecule has 0 bridgehead atoms. The van der Waals surface area contributed by atoms with E-state index in [1.54, 1.807) is 0 Å². The zero-order valence-electron chi connectivity index (χ0n) is 7.98. The van der Waals surface area contributed by atoms with E-state index >= 15 is 0 Å². The molecule has 0 fully saturated rings. The number of non-ortho nitro benzene ring substituents is 1. The molecule has 0 N–H and O–H groups in total. The summed E-state index contributed by atoms with van der Waals surface area (Å²) in [6, 6.07) is 5.71. The predicted octanol–water partition coefficient (Wildman–Crippen LogP) is 1.57. The van der Waals surface area contributed by atoms with E-state index in [1.165, 1.54) is 36.7 Å². The van der Waals surface area contributed by atoms with Gasteiger partial charge in [0.2, 0.25) is 0 Å². The molecule has 0 spiro atoms. The quantitative estimate of drug-likeness (QED) is 0.573. The second kappa shape index (κ2) is 4.30. The van der Waals surface area contributed by atoms with Gasteiger partial charge < -0.3 is 4.74 Å². The number of aromatic nitrogens is 3. The predicted molar refractivity (Wildman–Crippen MR) is 53.0 cm³/mol. The fourth-order valence-electron chi connectivity index (χ4n) is 1.05. The van der Waals surface area contributed by atoms with E-state index in [9.17, 15) is 10.1 Å². The Bertz CT molecular complexity index is 486. The van der Waals surface area contributed by atoms with Crippen LogP contribution in [-0.4, -0.2) is 20.3 Å². The lowest BCUT2D eigenvalue weighted by atomic mass is 10.3. The van der Waals surface area contributed by atoms with E-state index in [1.807, 2.05) is 0 Å². The first kappa shape index (κ1) is 9.97. The van der Waals surface area contributed by atoms with Crippen LogP contribution in [0.5, 0.6) is 11.5 Å². The monoisotopic (exact) mass is 218 g/mol. The van der Waals surface area contributed by atoms with Gasteiger partial charge in [-0.2, -0.15) is 0 Å². The summed E-state index contributed by atoms with van der Waals surface area (Å²) in [5.74, 6) is 0.893. The second-order valence-corrected chi connectivity index (χ2v) is 2.83. The molecule has 0 radical (unpaired) electrons. The maximum Gasteiger partial charge on any atom is 0.269 e. The molecule has 7 heteroatoms. The zero-order valence-corrected chi connectivity index (χ0v) is 7.98. The highest BCUT2D eigenvalue weighted by atomic mass is 16.6. The van der Waals surface area contributed by atoms with Gasteiger partial charge in [0, 0.05) is 12.1 Å². The van der Waals surface area contributed by atoms with Crippen LogP contribution >= 0.6 is 0 Å². The average Bonchev–Trinajstić information content (AvgIpc) is 2.31. The molecular formula is C9H6N4O3. The number of hydrogen-bond donors (Lipinski definition) is 0. The van der Waals surface area contributed by atoms with Crippen LogP contribution in [0.15, 0.2) is 36.7 Å². The summed E-state index contributed by atoms with van der Waals surface area (Å²) in [5, 5.41) is 20.8. The fourth-order valence-corrected chi connectivity index (χ4v) is 1.05. The molecule has 2 aromatic rings. The van der Waals surface area contributed by atoms with Gasteiger partial charge >= 0.3 is 0 Å². The Morgan fingerprint density at radius 2 is 1.69 bits per heavy atom. The molecule has 0 saturated carbocycles. The molecule has 1 aromatic heterocycles. The van der Waals surface area contributed by atoms with Gasteiger partial charge in [0.05, 0.1) is 17.3 Å². The summed E-state index contributed by atoms with van der Waals surface area (Å²) in [5.41, 5.74) is 0.0123. The summed E-state index contributed by atoms with van der Waals surface area (Å²) in [7, 11) is 0. The number of nitro benzene ring substituents is 1. The molecule has 0 saturated heterocycles. The lowest BCUT2D eigenvalue weighted by molar-refractivity contribution is -0.384. The lowest BCUT2D eigenvalue weighted by Gasteiger charge is -2.02. The minimum absolute atomic E-state index is 0.0123. The first-order chi connectivity index (χ1) is 7.75. The van der Waals surface area contributed by atoms with Gasteiger partial charge in [0.1, 0.15) is 5.75 Å². The SMILES string of the molecule is O=[N+]([O-])c1ccc(Oc2cnnnc2)cc1. The summed E-state index contributed by atoms with van der Waals surface area (Å²) in [4.78, 5) is 9.93. The fraction of sp³-hybridized carbons (Fsp3) is 0. The summed E-state index contributed by atoms with van der Waals surface area (Å²) in [6.45, 7) is 0. The van der Waals surface area contributed by atoms with Crippen LogP contribution < -0.4 is 4.74 Å². The van der Waals surface area contributed by atoms with E-state index in [4.69, 9.17) is 4.74 Å². The standard InChI is InChI=1S/C9H6N4O3/c14-13(15)7-1-3-8(4-2-7)16-9-5-10-12-11-6-9/h1-6H. The van der Waals surface area contributed by atoms with Crippen LogP contribution in [-0.2, 0) is 0 Å². The van der Waals surface area contributed by atoms with Gasteiger partial charge in [-0.1, -0.05) is 0 Å². The van der Waals surface area contributed by atoms with Crippen molar-refractivity contribution >= 4 is 5.69 Å². The van der Waals surface area contributed by atoms with Crippen LogP contribution in [0.3, 0.4) is 0 Å². The molecule has 7 nitrogen and oxygen atoms in total. The zero-order chi connectivity index (χ0) is 11.4. The molecule has 2 rings (SSSR count). The van der Waals surface area contributed by atoms with Crippen LogP contribution in [0.4, 0.5) is 5.69 Å². The van der Waals surface area contributed by atoms with Crippen molar-refractivity contribution in [2.75, 3.05) is 0 Å². The van der Waals surface area contributed by atoms with Crippen molar-refractivity contribution < 1.29 is 9.66 Å². The molecule has 0 atom stereocenters. The summed E-state index contributed by atoms with van der Waals surface area (Å²) < 4.78 is 5.33. The van der Waals surface area contributed by atoms with Crippen molar-refractivity contribution in [3.05, 3.63) is 46.8 Å². The van der Waals surface area contributed by atoms with Crippen molar-refractivity contribution in [2.45, 2.75) is 0 Å². The van der Waals surface area contributed by atoms with Crippen molar-refractivity contribution in [3.8, 4) is 11.5 Å². The normalized spacial score (nSPS) is 9.75. The summed E-state index contributed by atoms with van der Waals surface area (Å²) >= 11 is 0. The Kier molecular flexibility index (Phi) is 2.68. The third kappa shape index (κ3) is 2.27. The van der Waals surface area contributed by atoms with E-state index < -0.39 is 4.92 Å². The number of rotatable bonds is 3. The van der Waals surface area contributed by atoms with Crippen molar-refractivity contribution in [1.29, 1.82) is 0 Å². The number of nitrogens with zero attached hydrogens (tertiary/aromatic N) is 4. The highest BCUT2D eigenvalue weighted by Gasteiger charge is 2.04. The van der Waals surface area contributed by atoms with Crippen LogP contribution in [0.2, 0.25) is 0 Å². The van der Waals surface area contributed by atoms with E-state index in [2.05, 4.69) is 15.4 Å². The highest BCUT2D eigenvalue weighted by Crippen LogP contribution is 2.22. The largest absolute Gasteiger partial charge is 0.454 e. The van der Waals surface area contributed by atoms with Crippen molar-refractivity contribution in [1.82, 2.24) is 15.4 Å². The van der Waals surface area contributed by atoms with E-state index in [-0.39, 0.29) is 5.69 Å².